The molecule has 1 unspecified atom stereocenters. The number of anilines is 1. The van der Waals surface area contributed by atoms with Gasteiger partial charge < -0.3 is 15.6 Å². The van der Waals surface area contributed by atoms with Crippen molar-refractivity contribution < 1.29 is 13.6 Å². The molecule has 3 aromatic rings. The van der Waals surface area contributed by atoms with Crippen LogP contribution in [-0.2, 0) is 6.54 Å². The third-order valence-electron chi connectivity index (χ3n) is 5.35. The van der Waals surface area contributed by atoms with Crippen LogP contribution in [0.25, 0.3) is 11.0 Å². The lowest BCUT2D eigenvalue weighted by molar-refractivity contribution is -0.0758. The molecule has 1 atom stereocenters. The predicted octanol–water partition coefficient (Wildman–Crippen LogP) is 3.90. The summed E-state index contributed by atoms with van der Waals surface area (Å²) in [6.45, 7) is 0.522. The van der Waals surface area contributed by atoms with Crippen LogP contribution in [0.3, 0.4) is 0 Å². The van der Waals surface area contributed by atoms with E-state index < -0.39 is 12.0 Å². The SMILES string of the molecule is CNC(=O)c1cnc2[nH]ccc2c1NC1CCN(Cc2cccc(Cl)c2)CC1(F)F. The van der Waals surface area contributed by atoms with Crippen molar-refractivity contribution in [1.29, 1.82) is 0 Å². The molecule has 1 fully saturated rings. The van der Waals surface area contributed by atoms with Crippen LogP contribution in [0.15, 0.2) is 42.7 Å². The smallest absolute Gasteiger partial charge is 0.280 e. The number of alkyl halides is 2. The Balaban J connectivity index is 1.55. The number of carbonyl (C=O) groups excluding carboxylic acids is 1. The highest BCUT2D eigenvalue weighted by Crippen LogP contribution is 2.34. The number of benzene rings is 1. The lowest BCUT2D eigenvalue weighted by Crippen LogP contribution is -2.54. The van der Waals surface area contributed by atoms with Gasteiger partial charge in [0.1, 0.15) is 5.65 Å². The van der Waals surface area contributed by atoms with Gasteiger partial charge in [0.05, 0.1) is 23.8 Å². The molecular formula is C21H22ClF2N5O. The minimum absolute atomic E-state index is 0.231. The van der Waals surface area contributed by atoms with Crippen LogP contribution >= 0.6 is 11.6 Å². The van der Waals surface area contributed by atoms with Crippen LogP contribution in [0.2, 0.25) is 5.02 Å². The Morgan fingerprint density at radius 3 is 2.97 bits per heavy atom. The standard InChI is InChI=1S/C21H22ClF2N5O/c1-25-20(30)16-10-27-19-15(5-7-26-19)18(16)28-17-6-8-29(12-21(17,23)24)11-13-3-2-4-14(22)9-13/h2-5,7,9-10,17H,6,8,11-12H2,1H3,(H,25,30)(H2,26,27,28). The first kappa shape index (κ1) is 20.6. The topological polar surface area (TPSA) is 73.0 Å². The van der Waals surface area contributed by atoms with E-state index in [0.717, 1.165) is 5.56 Å². The molecule has 1 aromatic carbocycles. The minimum atomic E-state index is -2.98. The van der Waals surface area contributed by atoms with E-state index in [1.165, 1.54) is 13.2 Å². The molecule has 158 valence electrons. The second-order valence-corrected chi connectivity index (χ2v) is 7.89. The minimum Gasteiger partial charge on any atom is -0.375 e. The molecule has 0 saturated carbocycles. The highest BCUT2D eigenvalue weighted by molar-refractivity contribution is 6.30. The first-order valence-electron chi connectivity index (χ1n) is 9.66. The summed E-state index contributed by atoms with van der Waals surface area (Å²) in [6.07, 6.45) is 3.30. The third-order valence-corrected chi connectivity index (χ3v) is 5.59. The zero-order chi connectivity index (χ0) is 21.3. The number of likely N-dealkylation sites (tertiary alicyclic amines) is 1. The van der Waals surface area contributed by atoms with Crippen LogP contribution in [0.4, 0.5) is 14.5 Å². The lowest BCUT2D eigenvalue weighted by atomic mass is 9.98. The van der Waals surface area contributed by atoms with Crippen LogP contribution in [0, 0.1) is 0 Å². The van der Waals surface area contributed by atoms with Gasteiger partial charge in [0.15, 0.2) is 0 Å². The van der Waals surface area contributed by atoms with Gasteiger partial charge in [-0.15, -0.1) is 0 Å². The van der Waals surface area contributed by atoms with Gasteiger partial charge in [-0.3, -0.25) is 9.69 Å². The molecule has 30 heavy (non-hydrogen) atoms. The van der Waals surface area contributed by atoms with E-state index in [9.17, 15) is 4.79 Å². The largest absolute Gasteiger partial charge is 0.375 e. The Labute approximate surface area is 177 Å². The number of hydrogen-bond acceptors (Lipinski definition) is 4. The molecule has 2 aromatic heterocycles. The maximum Gasteiger partial charge on any atom is 0.280 e. The van der Waals surface area contributed by atoms with Crippen molar-refractivity contribution in [3.63, 3.8) is 0 Å². The van der Waals surface area contributed by atoms with Crippen LogP contribution < -0.4 is 10.6 Å². The molecule has 1 aliphatic rings. The van der Waals surface area contributed by atoms with E-state index >= 15 is 8.78 Å². The van der Waals surface area contributed by atoms with Crippen molar-refractivity contribution in [3.8, 4) is 0 Å². The molecular weight excluding hydrogens is 412 g/mol. The molecule has 4 rings (SSSR count). The highest BCUT2D eigenvalue weighted by atomic mass is 35.5. The van der Waals surface area contributed by atoms with E-state index in [1.807, 2.05) is 12.1 Å². The van der Waals surface area contributed by atoms with Gasteiger partial charge >= 0.3 is 0 Å². The summed E-state index contributed by atoms with van der Waals surface area (Å²) in [6, 6.07) is 7.87. The van der Waals surface area contributed by atoms with E-state index in [-0.39, 0.29) is 24.4 Å². The summed E-state index contributed by atoms with van der Waals surface area (Å²) < 4.78 is 30.1. The molecule has 1 aliphatic heterocycles. The number of H-pyrrole nitrogens is 1. The number of piperidine rings is 1. The van der Waals surface area contributed by atoms with Crippen LogP contribution in [0.5, 0.6) is 0 Å². The zero-order valence-corrected chi connectivity index (χ0v) is 17.1. The zero-order valence-electron chi connectivity index (χ0n) is 16.4. The maximum atomic E-state index is 15.1. The first-order valence-corrected chi connectivity index (χ1v) is 10.0. The Bertz CT molecular complexity index is 1070. The fraction of sp³-hybridized carbons (Fsp3) is 0.333. The molecule has 3 heterocycles. The van der Waals surface area contributed by atoms with Crippen LogP contribution in [0.1, 0.15) is 22.3 Å². The Kier molecular flexibility index (Phi) is 5.62. The molecule has 1 amide bonds. The summed E-state index contributed by atoms with van der Waals surface area (Å²) in [5, 5.41) is 6.69. The van der Waals surface area contributed by atoms with Crippen molar-refractivity contribution >= 4 is 34.2 Å². The normalized spacial score (nSPS) is 19.0. The summed E-state index contributed by atoms with van der Waals surface area (Å²) >= 11 is 6.01. The third kappa shape index (κ3) is 4.11. The van der Waals surface area contributed by atoms with Crippen molar-refractivity contribution in [2.24, 2.45) is 0 Å². The second-order valence-electron chi connectivity index (χ2n) is 7.45. The molecule has 0 bridgehead atoms. The number of nitrogens with one attached hydrogen (secondary N) is 3. The summed E-state index contributed by atoms with van der Waals surface area (Å²) in [4.78, 5) is 21.2. The number of nitrogens with zero attached hydrogens (tertiary/aromatic N) is 2. The number of fused-ring (bicyclic) bond motifs is 1. The van der Waals surface area contributed by atoms with Crippen molar-refractivity contribution in [3.05, 3.63) is 58.9 Å². The monoisotopic (exact) mass is 433 g/mol. The fourth-order valence-corrected chi connectivity index (χ4v) is 4.07. The number of aromatic nitrogens is 2. The number of carbonyl (C=O) groups is 1. The summed E-state index contributed by atoms with van der Waals surface area (Å²) in [5.41, 5.74) is 2.04. The van der Waals surface area contributed by atoms with Gasteiger partial charge in [-0.05, 0) is 30.2 Å². The maximum absolute atomic E-state index is 15.1. The van der Waals surface area contributed by atoms with Gasteiger partial charge in [0.2, 0.25) is 0 Å². The van der Waals surface area contributed by atoms with Gasteiger partial charge in [-0.2, -0.15) is 0 Å². The molecule has 0 spiro atoms. The number of halogens is 3. The van der Waals surface area contributed by atoms with Gasteiger partial charge in [0, 0.05) is 42.9 Å². The van der Waals surface area contributed by atoms with Crippen molar-refractivity contribution in [2.45, 2.75) is 24.9 Å². The van der Waals surface area contributed by atoms with Gasteiger partial charge in [-0.1, -0.05) is 23.7 Å². The van der Waals surface area contributed by atoms with Gasteiger partial charge in [0.25, 0.3) is 11.8 Å². The Hall–Kier alpha value is -2.71. The number of rotatable bonds is 5. The van der Waals surface area contributed by atoms with Crippen molar-refractivity contribution in [2.75, 3.05) is 25.5 Å². The molecule has 1 saturated heterocycles. The van der Waals surface area contributed by atoms with E-state index in [1.54, 1.807) is 29.3 Å². The molecule has 0 radical (unpaired) electrons. The lowest BCUT2D eigenvalue weighted by Gasteiger charge is -2.39. The van der Waals surface area contributed by atoms with Crippen LogP contribution in [-0.4, -0.2) is 52.9 Å². The van der Waals surface area contributed by atoms with Gasteiger partial charge in [-0.25, -0.2) is 13.8 Å². The predicted molar refractivity (Wildman–Crippen MR) is 113 cm³/mol. The highest BCUT2D eigenvalue weighted by Gasteiger charge is 2.45. The fourth-order valence-electron chi connectivity index (χ4n) is 3.86. The average Bonchev–Trinajstić information content (AvgIpc) is 3.18. The van der Waals surface area contributed by atoms with E-state index in [0.29, 0.717) is 34.8 Å². The quantitative estimate of drug-likeness (QED) is 0.570. The number of amides is 1. The number of pyridine rings is 1. The summed E-state index contributed by atoms with van der Waals surface area (Å²) in [7, 11) is 1.50. The molecule has 6 nitrogen and oxygen atoms in total. The molecule has 0 aliphatic carbocycles. The first-order chi connectivity index (χ1) is 14.4. The Morgan fingerprint density at radius 1 is 1.40 bits per heavy atom. The summed E-state index contributed by atoms with van der Waals surface area (Å²) in [5.74, 6) is -3.36. The molecule has 9 heteroatoms. The Morgan fingerprint density at radius 2 is 2.23 bits per heavy atom. The number of aromatic amines is 1. The average molecular weight is 434 g/mol. The number of hydrogen-bond donors (Lipinski definition) is 3. The van der Waals surface area contributed by atoms with Crippen molar-refractivity contribution in [1.82, 2.24) is 20.2 Å². The molecule has 3 N–H and O–H groups in total. The van der Waals surface area contributed by atoms with E-state index in [4.69, 9.17) is 11.6 Å². The van der Waals surface area contributed by atoms with E-state index in [2.05, 4.69) is 20.6 Å². The second kappa shape index (κ2) is 8.20.